The summed E-state index contributed by atoms with van der Waals surface area (Å²) < 4.78 is 0.828. The zero-order chi connectivity index (χ0) is 10.6. The van der Waals surface area contributed by atoms with E-state index in [9.17, 15) is 0 Å². The van der Waals surface area contributed by atoms with Gasteiger partial charge in [-0.2, -0.15) is 10.5 Å². The van der Waals surface area contributed by atoms with Crippen LogP contribution in [-0.4, -0.2) is 0 Å². The van der Waals surface area contributed by atoms with E-state index < -0.39 is 0 Å². The molecule has 0 spiro atoms. The summed E-state index contributed by atoms with van der Waals surface area (Å²) >= 11 is 9.27. The minimum Gasteiger partial charge on any atom is -0.198 e. The molecule has 0 amide bonds. The van der Waals surface area contributed by atoms with Gasteiger partial charge in [0.1, 0.15) is 0 Å². The number of benzene rings is 1. The Morgan fingerprint density at radius 3 is 2.29 bits per heavy atom. The molecule has 0 saturated heterocycles. The van der Waals surface area contributed by atoms with Gasteiger partial charge < -0.3 is 0 Å². The van der Waals surface area contributed by atoms with E-state index >= 15 is 0 Å². The summed E-state index contributed by atoms with van der Waals surface area (Å²) in [5.74, 6) is 0. The lowest BCUT2D eigenvalue weighted by atomic mass is 10.0. The third-order valence-electron chi connectivity index (χ3n) is 1.83. The second kappa shape index (κ2) is 5.00. The van der Waals surface area contributed by atoms with E-state index in [2.05, 4.69) is 22.0 Å². The maximum atomic E-state index is 8.63. The minimum absolute atomic E-state index is 0.231. The molecule has 1 rings (SSSR count). The highest BCUT2D eigenvalue weighted by atomic mass is 79.9. The first-order valence-corrected chi connectivity index (χ1v) is 5.07. The smallest absolute Gasteiger partial charge is 0.0670 e. The highest BCUT2D eigenvalue weighted by Gasteiger charge is 2.10. The summed E-state index contributed by atoms with van der Waals surface area (Å²) in [5, 5.41) is 17.8. The van der Waals surface area contributed by atoms with Crippen molar-refractivity contribution in [3.63, 3.8) is 0 Å². The molecule has 0 atom stereocenters. The quantitative estimate of drug-likeness (QED) is 0.827. The molecule has 0 heterocycles. The first kappa shape index (κ1) is 11.0. The maximum Gasteiger partial charge on any atom is 0.0670 e. The van der Waals surface area contributed by atoms with Gasteiger partial charge in [0.2, 0.25) is 0 Å². The number of hydrogen-bond donors (Lipinski definition) is 0. The van der Waals surface area contributed by atoms with Gasteiger partial charge in [0.05, 0.1) is 25.0 Å². The van der Waals surface area contributed by atoms with Gasteiger partial charge in [-0.15, -0.1) is 0 Å². The highest BCUT2D eigenvalue weighted by Crippen LogP contribution is 2.28. The third-order valence-corrected chi connectivity index (χ3v) is 2.93. The van der Waals surface area contributed by atoms with Crippen molar-refractivity contribution in [3.8, 4) is 12.1 Å². The number of hydrogen-bond acceptors (Lipinski definition) is 2. The van der Waals surface area contributed by atoms with Crippen LogP contribution in [0, 0.1) is 22.7 Å². The van der Waals surface area contributed by atoms with Crippen LogP contribution in [0.1, 0.15) is 11.1 Å². The predicted octanol–water partition coefficient (Wildman–Crippen LogP) is 3.23. The molecule has 0 N–H and O–H groups in total. The van der Waals surface area contributed by atoms with Gasteiger partial charge in [-0.05, 0) is 23.3 Å². The number of rotatable bonds is 2. The van der Waals surface area contributed by atoms with Crippen LogP contribution in [0.5, 0.6) is 0 Å². The molecule has 4 heteroatoms. The zero-order valence-electron chi connectivity index (χ0n) is 7.22. The van der Waals surface area contributed by atoms with Gasteiger partial charge in [-0.3, -0.25) is 0 Å². The lowest BCUT2D eigenvalue weighted by Crippen LogP contribution is -1.95. The summed E-state index contributed by atoms with van der Waals surface area (Å²) in [6, 6.07) is 7.60. The van der Waals surface area contributed by atoms with E-state index in [4.69, 9.17) is 22.1 Å². The Morgan fingerprint density at radius 1 is 1.14 bits per heavy atom. The van der Waals surface area contributed by atoms with E-state index in [1.165, 1.54) is 0 Å². The fourth-order valence-corrected chi connectivity index (χ4v) is 1.93. The van der Waals surface area contributed by atoms with Crippen LogP contribution >= 0.6 is 27.5 Å². The molecule has 2 nitrogen and oxygen atoms in total. The van der Waals surface area contributed by atoms with Crippen LogP contribution < -0.4 is 0 Å². The Labute approximate surface area is 95.8 Å². The molecule has 0 unspecified atom stereocenters. The standard InChI is InChI=1S/C10H6BrClN2/c11-9-1-2-10(12)8(4-6-14)7(9)3-5-13/h1-2H,3-4H2. The van der Waals surface area contributed by atoms with Crippen LogP contribution in [0.4, 0.5) is 0 Å². The van der Waals surface area contributed by atoms with Gasteiger partial charge in [0, 0.05) is 9.50 Å². The average Bonchev–Trinajstić information content (AvgIpc) is 2.17. The van der Waals surface area contributed by atoms with Crippen molar-refractivity contribution in [3.05, 3.63) is 32.8 Å². The van der Waals surface area contributed by atoms with Crippen molar-refractivity contribution in [2.24, 2.45) is 0 Å². The second-order valence-corrected chi connectivity index (χ2v) is 3.92. The lowest BCUT2D eigenvalue weighted by Gasteiger charge is -2.07. The molecule has 14 heavy (non-hydrogen) atoms. The van der Waals surface area contributed by atoms with Crippen LogP contribution in [0.15, 0.2) is 16.6 Å². The van der Waals surface area contributed by atoms with Crippen molar-refractivity contribution in [2.45, 2.75) is 12.8 Å². The monoisotopic (exact) mass is 268 g/mol. The first-order valence-electron chi connectivity index (χ1n) is 3.90. The Hall–Kier alpha value is -1.03. The Balaban J connectivity index is 3.29. The molecular formula is C10H6BrClN2. The number of halogens is 2. The normalized spacial score (nSPS) is 9.14. The largest absolute Gasteiger partial charge is 0.198 e. The molecule has 70 valence electrons. The zero-order valence-corrected chi connectivity index (χ0v) is 9.56. The Bertz CT molecular complexity index is 388. The van der Waals surface area contributed by atoms with Crippen LogP contribution in [0.2, 0.25) is 5.02 Å². The highest BCUT2D eigenvalue weighted by molar-refractivity contribution is 9.10. The van der Waals surface area contributed by atoms with E-state index in [0.717, 1.165) is 15.6 Å². The van der Waals surface area contributed by atoms with Crippen molar-refractivity contribution in [2.75, 3.05) is 0 Å². The van der Waals surface area contributed by atoms with E-state index in [-0.39, 0.29) is 12.8 Å². The molecule has 0 radical (unpaired) electrons. The minimum atomic E-state index is 0.231. The number of nitriles is 2. The Kier molecular flexibility index (Phi) is 3.95. The molecule has 0 fully saturated rings. The van der Waals surface area contributed by atoms with Gasteiger partial charge in [0.15, 0.2) is 0 Å². The molecule has 0 aliphatic carbocycles. The van der Waals surface area contributed by atoms with Crippen LogP contribution in [0.25, 0.3) is 0 Å². The second-order valence-electron chi connectivity index (χ2n) is 2.66. The summed E-state index contributed by atoms with van der Waals surface area (Å²) in [6.45, 7) is 0. The molecule has 1 aromatic rings. The Morgan fingerprint density at radius 2 is 1.71 bits per heavy atom. The fraction of sp³-hybridized carbons (Fsp3) is 0.200. The van der Waals surface area contributed by atoms with Gasteiger partial charge in [0.25, 0.3) is 0 Å². The number of nitrogens with zero attached hydrogens (tertiary/aromatic N) is 2. The molecule has 0 aliphatic rings. The van der Waals surface area contributed by atoms with E-state index in [1.54, 1.807) is 12.1 Å². The van der Waals surface area contributed by atoms with Gasteiger partial charge in [-0.1, -0.05) is 27.5 Å². The molecule has 0 aliphatic heterocycles. The van der Waals surface area contributed by atoms with Crippen molar-refractivity contribution in [1.29, 1.82) is 10.5 Å². The van der Waals surface area contributed by atoms with Crippen molar-refractivity contribution >= 4 is 27.5 Å². The first-order chi connectivity index (χ1) is 6.70. The summed E-state index contributed by atoms with van der Waals surface area (Å²) in [5.41, 5.74) is 1.55. The van der Waals surface area contributed by atoms with E-state index in [1.807, 2.05) is 6.07 Å². The SMILES string of the molecule is N#CCc1c(Cl)ccc(Br)c1CC#N. The topological polar surface area (TPSA) is 47.6 Å². The molecule has 0 bridgehead atoms. The van der Waals surface area contributed by atoms with Crippen LogP contribution in [-0.2, 0) is 12.8 Å². The molecule has 1 aromatic carbocycles. The predicted molar refractivity (Wildman–Crippen MR) is 57.8 cm³/mol. The molecule has 0 aromatic heterocycles. The summed E-state index contributed by atoms with van der Waals surface area (Å²) in [7, 11) is 0. The summed E-state index contributed by atoms with van der Waals surface area (Å²) in [4.78, 5) is 0. The average molecular weight is 270 g/mol. The molecular weight excluding hydrogens is 263 g/mol. The lowest BCUT2D eigenvalue weighted by molar-refractivity contribution is 1.14. The fourth-order valence-electron chi connectivity index (χ4n) is 1.18. The van der Waals surface area contributed by atoms with Crippen LogP contribution in [0.3, 0.4) is 0 Å². The maximum absolute atomic E-state index is 8.63. The van der Waals surface area contributed by atoms with Crippen molar-refractivity contribution in [1.82, 2.24) is 0 Å². The third kappa shape index (κ3) is 2.26. The summed E-state index contributed by atoms with van der Waals surface area (Å²) in [6.07, 6.45) is 0.493. The van der Waals surface area contributed by atoms with Crippen molar-refractivity contribution < 1.29 is 0 Å². The molecule has 0 saturated carbocycles. The van der Waals surface area contributed by atoms with Gasteiger partial charge >= 0.3 is 0 Å². The van der Waals surface area contributed by atoms with Gasteiger partial charge in [-0.25, -0.2) is 0 Å². The van der Waals surface area contributed by atoms with E-state index in [0.29, 0.717) is 5.02 Å².